The molecule has 1 aromatic rings. The monoisotopic (exact) mass is 510 g/mol. The van der Waals surface area contributed by atoms with Gasteiger partial charge in [-0.1, -0.05) is 0 Å². The molecule has 28 heavy (non-hydrogen) atoms. The molecule has 0 spiro atoms. The maximum absolute atomic E-state index is 2.62. The quantitative estimate of drug-likeness (QED) is 0.526. The Morgan fingerprint density at radius 3 is 2.43 bits per heavy atom. The predicted molar refractivity (Wildman–Crippen MR) is 113 cm³/mol. The van der Waals surface area contributed by atoms with Gasteiger partial charge in [0.2, 0.25) is 0 Å². The molecule has 0 heterocycles. The Bertz CT molecular complexity index is 758. The SMILES string of the molecule is CC(C)P(C1=Cc2ccccc2[CH]1[Zr+2][CH]1CCC2CC=CC=C21)C(C)C.[Cl-].[Cl-]. The van der Waals surface area contributed by atoms with E-state index in [9.17, 15) is 0 Å². The molecule has 1 saturated carbocycles. The summed E-state index contributed by atoms with van der Waals surface area (Å²) in [6, 6.07) is 9.31. The Morgan fingerprint density at radius 1 is 1.00 bits per heavy atom. The zero-order valence-electron chi connectivity index (χ0n) is 17.3. The maximum atomic E-state index is 2.62. The standard InChI is InChI=1S/C15H20P.C9H11.2ClH.Zr/c1-11(2)16(12(3)4)15-9-13-7-5-6-8-14(13)10-15;1-2-5-9-7-3-6-8(9)4-1;;;/h5-12H,1-4H3;1-2,4,6,9H,3,5,7H2;2*1H;/q;;;;+2/p-2. The van der Waals surface area contributed by atoms with Crippen molar-refractivity contribution in [2.75, 3.05) is 0 Å². The summed E-state index contributed by atoms with van der Waals surface area (Å²) in [5.41, 5.74) is 6.63. The van der Waals surface area contributed by atoms with E-state index in [1.54, 1.807) is 5.56 Å². The van der Waals surface area contributed by atoms with E-state index in [4.69, 9.17) is 0 Å². The van der Waals surface area contributed by atoms with Crippen LogP contribution in [0, 0.1) is 5.92 Å². The Hall–Kier alpha value is 0.333. The van der Waals surface area contributed by atoms with Crippen molar-refractivity contribution < 1.29 is 48.0 Å². The van der Waals surface area contributed by atoms with Crippen molar-refractivity contribution in [1.82, 2.24) is 0 Å². The molecule has 3 aliphatic carbocycles. The second kappa shape index (κ2) is 10.6. The van der Waals surface area contributed by atoms with E-state index in [2.05, 4.69) is 76.3 Å². The first-order valence-corrected chi connectivity index (χ1v) is 14.6. The van der Waals surface area contributed by atoms with Crippen molar-refractivity contribution in [3.63, 3.8) is 0 Å². The Kier molecular flexibility index (Phi) is 9.29. The minimum atomic E-state index is -0.566. The zero-order valence-corrected chi connectivity index (χ0v) is 22.2. The van der Waals surface area contributed by atoms with Crippen molar-refractivity contribution in [3.8, 4) is 0 Å². The van der Waals surface area contributed by atoms with Crippen molar-refractivity contribution in [2.45, 2.75) is 65.5 Å². The van der Waals surface area contributed by atoms with Crippen LogP contribution in [0.5, 0.6) is 0 Å². The second-order valence-corrected chi connectivity index (χ2v) is 15.9. The first kappa shape index (κ1) is 24.6. The van der Waals surface area contributed by atoms with E-state index < -0.39 is 23.2 Å². The number of rotatable bonds is 5. The smallest absolute Gasteiger partial charge is 1.00 e. The third kappa shape index (κ3) is 4.80. The van der Waals surface area contributed by atoms with Crippen LogP contribution in [0.3, 0.4) is 0 Å². The molecule has 1 aromatic carbocycles. The molecule has 0 saturated heterocycles. The third-order valence-corrected chi connectivity index (χ3v) is 14.9. The van der Waals surface area contributed by atoms with Gasteiger partial charge in [0, 0.05) is 0 Å². The van der Waals surface area contributed by atoms with E-state index >= 15 is 0 Å². The van der Waals surface area contributed by atoms with Crippen LogP contribution < -0.4 is 24.8 Å². The van der Waals surface area contributed by atoms with Crippen molar-refractivity contribution in [3.05, 3.63) is 64.5 Å². The minimum absolute atomic E-state index is 0. The third-order valence-electron chi connectivity index (χ3n) is 6.21. The molecule has 3 unspecified atom stereocenters. The van der Waals surface area contributed by atoms with Gasteiger partial charge in [-0.15, -0.1) is 0 Å². The predicted octanol–water partition coefficient (Wildman–Crippen LogP) is 1.56. The van der Waals surface area contributed by atoms with Gasteiger partial charge in [-0.05, 0) is 0 Å². The van der Waals surface area contributed by atoms with Gasteiger partial charge in [-0.25, -0.2) is 0 Å². The summed E-state index contributed by atoms with van der Waals surface area (Å²) in [6.07, 6.45) is 14.0. The average Bonchev–Trinajstić information content (AvgIpc) is 3.17. The van der Waals surface area contributed by atoms with E-state index in [1.807, 2.05) is 10.9 Å². The van der Waals surface area contributed by atoms with Crippen molar-refractivity contribution >= 4 is 14.0 Å². The Balaban J connectivity index is 0.00000140. The van der Waals surface area contributed by atoms with Crippen LogP contribution in [0.2, 0.25) is 3.63 Å². The van der Waals surface area contributed by atoms with Crippen LogP contribution in [0.1, 0.15) is 61.7 Å². The fourth-order valence-electron chi connectivity index (χ4n) is 5.19. The molecule has 0 N–H and O–H groups in total. The molecular weight excluding hydrogens is 481 g/mol. The first-order valence-electron chi connectivity index (χ1n) is 10.3. The van der Waals surface area contributed by atoms with Crippen LogP contribution in [0.25, 0.3) is 6.08 Å². The maximum Gasteiger partial charge on any atom is -1.00 e. The van der Waals surface area contributed by atoms with Crippen LogP contribution >= 0.6 is 7.92 Å². The van der Waals surface area contributed by atoms with Gasteiger partial charge in [-0.3, -0.25) is 0 Å². The minimum Gasteiger partial charge on any atom is -1.00 e. The molecule has 0 radical (unpaired) electrons. The fraction of sp³-hybridized carbons (Fsp3) is 0.500. The molecule has 1 fully saturated rings. The number of hydrogen-bond acceptors (Lipinski definition) is 0. The normalized spacial score (nSPS) is 24.9. The number of hydrogen-bond donors (Lipinski definition) is 0. The van der Waals surface area contributed by atoms with Gasteiger partial charge < -0.3 is 24.8 Å². The Labute approximate surface area is 196 Å². The second-order valence-electron chi connectivity index (χ2n) is 8.55. The molecule has 0 bridgehead atoms. The fourth-order valence-corrected chi connectivity index (χ4v) is 14.7. The van der Waals surface area contributed by atoms with Gasteiger partial charge in [0.05, 0.1) is 0 Å². The topological polar surface area (TPSA) is 0 Å². The molecule has 0 aliphatic heterocycles. The molecular formula is C24H31Cl2PZr. The molecule has 3 aliphatic rings. The molecule has 150 valence electrons. The summed E-state index contributed by atoms with van der Waals surface area (Å²) in [5.74, 6) is 0.881. The number of allylic oxidation sites excluding steroid dienone is 5. The summed E-state index contributed by atoms with van der Waals surface area (Å²) in [6.45, 7) is 9.82. The average molecular weight is 513 g/mol. The largest absolute Gasteiger partial charge is 1.00 e. The first-order chi connectivity index (χ1) is 12.6. The van der Waals surface area contributed by atoms with Gasteiger partial charge in [-0.2, -0.15) is 0 Å². The molecule has 0 amide bonds. The van der Waals surface area contributed by atoms with E-state index in [1.165, 1.54) is 24.8 Å². The summed E-state index contributed by atoms with van der Waals surface area (Å²) in [7, 11) is -0.0347. The molecule has 4 heteroatoms. The summed E-state index contributed by atoms with van der Waals surface area (Å²) in [5, 5.41) is 1.85. The van der Waals surface area contributed by atoms with Crippen molar-refractivity contribution in [2.24, 2.45) is 5.92 Å². The summed E-state index contributed by atoms with van der Waals surface area (Å²) < 4.78 is 1.78. The van der Waals surface area contributed by atoms with E-state index in [0.29, 0.717) is 0 Å². The van der Waals surface area contributed by atoms with E-state index in [-0.39, 0.29) is 32.7 Å². The van der Waals surface area contributed by atoms with E-state index in [0.717, 1.165) is 24.5 Å². The summed E-state index contributed by atoms with van der Waals surface area (Å²) >= 11 is -0.566. The van der Waals surface area contributed by atoms with Crippen LogP contribution in [-0.4, -0.2) is 11.3 Å². The Morgan fingerprint density at radius 2 is 1.71 bits per heavy atom. The molecule has 0 nitrogen and oxygen atoms in total. The summed E-state index contributed by atoms with van der Waals surface area (Å²) in [4.78, 5) is 0. The number of halogens is 2. The number of benzene rings is 1. The van der Waals surface area contributed by atoms with Gasteiger partial charge in [0.1, 0.15) is 0 Å². The molecule has 0 aromatic heterocycles. The van der Waals surface area contributed by atoms with Gasteiger partial charge in [0.25, 0.3) is 0 Å². The van der Waals surface area contributed by atoms with Crippen LogP contribution in [0.4, 0.5) is 0 Å². The van der Waals surface area contributed by atoms with Crippen LogP contribution in [0.15, 0.2) is 53.4 Å². The van der Waals surface area contributed by atoms with Gasteiger partial charge >= 0.3 is 173 Å². The van der Waals surface area contributed by atoms with Crippen molar-refractivity contribution in [1.29, 1.82) is 0 Å². The number of fused-ring (bicyclic) bond motifs is 2. The zero-order chi connectivity index (χ0) is 18.3. The van der Waals surface area contributed by atoms with Crippen LogP contribution in [-0.2, 0) is 23.2 Å². The van der Waals surface area contributed by atoms with Gasteiger partial charge in [0.15, 0.2) is 0 Å². The molecule has 3 atom stereocenters. The molecule has 4 rings (SSSR count).